The first-order chi connectivity index (χ1) is 10.3. The van der Waals surface area contributed by atoms with Crippen molar-refractivity contribution in [2.75, 3.05) is 18.9 Å². The third-order valence-corrected chi connectivity index (χ3v) is 5.24. The number of ether oxygens (including phenoxy) is 1. The molecule has 0 bridgehead atoms. The van der Waals surface area contributed by atoms with Crippen LogP contribution in [-0.4, -0.2) is 18.9 Å². The first-order valence-electron chi connectivity index (χ1n) is 7.11. The smallest absolute Gasteiger partial charge is 0.141 e. The summed E-state index contributed by atoms with van der Waals surface area (Å²) in [6.07, 6.45) is 0.784. The summed E-state index contributed by atoms with van der Waals surface area (Å²) in [7, 11) is 0. The van der Waals surface area contributed by atoms with Crippen LogP contribution in [0.4, 0.5) is 0 Å². The lowest BCUT2D eigenvalue weighted by atomic mass is 10.0. The molecule has 0 radical (unpaired) electrons. The third-order valence-electron chi connectivity index (χ3n) is 3.69. The number of benzene rings is 2. The number of rotatable bonds is 5. The van der Waals surface area contributed by atoms with E-state index in [2.05, 4.69) is 24.3 Å². The molecule has 21 heavy (non-hydrogen) atoms. The van der Waals surface area contributed by atoms with Gasteiger partial charge in [0.1, 0.15) is 5.75 Å². The molecular weight excluding hydrogens is 302 g/mol. The summed E-state index contributed by atoms with van der Waals surface area (Å²) in [6.45, 7) is 1.25. The SMILES string of the molecule is NCCc1cccc(Cl)c1OCC1CSc2ccccc21. The van der Waals surface area contributed by atoms with Crippen molar-refractivity contribution in [3.05, 3.63) is 58.6 Å². The Bertz CT molecular complexity index is 632. The second kappa shape index (κ2) is 6.73. The minimum Gasteiger partial charge on any atom is -0.491 e. The van der Waals surface area contributed by atoms with Crippen molar-refractivity contribution in [2.45, 2.75) is 17.2 Å². The van der Waals surface area contributed by atoms with Gasteiger partial charge >= 0.3 is 0 Å². The van der Waals surface area contributed by atoms with Gasteiger partial charge in [0.05, 0.1) is 11.6 Å². The fourth-order valence-electron chi connectivity index (χ4n) is 2.62. The Morgan fingerprint density at radius 2 is 2.05 bits per heavy atom. The molecule has 0 spiro atoms. The second-order valence-corrected chi connectivity index (χ2v) is 6.59. The molecule has 1 aliphatic heterocycles. The van der Waals surface area contributed by atoms with E-state index in [9.17, 15) is 0 Å². The van der Waals surface area contributed by atoms with Gasteiger partial charge in [-0.2, -0.15) is 0 Å². The number of hydrogen-bond acceptors (Lipinski definition) is 3. The number of nitrogens with two attached hydrogens (primary N) is 1. The molecule has 0 amide bonds. The van der Waals surface area contributed by atoms with Crippen molar-refractivity contribution in [1.82, 2.24) is 0 Å². The lowest BCUT2D eigenvalue weighted by molar-refractivity contribution is 0.295. The Hall–Kier alpha value is -1.16. The monoisotopic (exact) mass is 319 g/mol. The zero-order chi connectivity index (χ0) is 14.7. The molecule has 110 valence electrons. The average molecular weight is 320 g/mol. The molecule has 0 aromatic heterocycles. The molecule has 1 heterocycles. The topological polar surface area (TPSA) is 35.2 Å². The molecule has 3 rings (SSSR count). The summed E-state index contributed by atoms with van der Waals surface area (Å²) in [6, 6.07) is 14.4. The first kappa shape index (κ1) is 14.8. The largest absolute Gasteiger partial charge is 0.491 e. The Balaban J connectivity index is 1.74. The fraction of sp³-hybridized carbons (Fsp3) is 0.294. The summed E-state index contributed by atoms with van der Waals surface area (Å²) in [4.78, 5) is 1.37. The van der Waals surface area contributed by atoms with Gasteiger partial charge in [0, 0.05) is 16.6 Å². The molecule has 2 aromatic rings. The average Bonchev–Trinajstić information content (AvgIpc) is 2.90. The molecule has 2 aromatic carbocycles. The van der Waals surface area contributed by atoms with Crippen LogP contribution in [0.1, 0.15) is 17.0 Å². The van der Waals surface area contributed by atoms with Crippen molar-refractivity contribution in [3.8, 4) is 5.75 Å². The maximum Gasteiger partial charge on any atom is 0.141 e. The van der Waals surface area contributed by atoms with Gasteiger partial charge in [0.15, 0.2) is 0 Å². The Labute approximate surface area is 134 Å². The second-order valence-electron chi connectivity index (χ2n) is 5.12. The molecular formula is C17H18ClNOS. The Morgan fingerprint density at radius 3 is 2.90 bits per heavy atom. The van der Waals surface area contributed by atoms with Crippen molar-refractivity contribution in [3.63, 3.8) is 0 Å². The summed E-state index contributed by atoms with van der Waals surface area (Å²) < 4.78 is 6.06. The lowest BCUT2D eigenvalue weighted by Crippen LogP contribution is -2.12. The molecule has 2 N–H and O–H groups in total. The summed E-state index contributed by atoms with van der Waals surface area (Å²) >= 11 is 8.18. The summed E-state index contributed by atoms with van der Waals surface area (Å²) in [5.74, 6) is 2.28. The van der Waals surface area contributed by atoms with E-state index in [4.69, 9.17) is 22.1 Å². The van der Waals surface area contributed by atoms with Crippen LogP contribution in [-0.2, 0) is 6.42 Å². The number of fused-ring (bicyclic) bond motifs is 1. The highest BCUT2D eigenvalue weighted by Crippen LogP contribution is 2.40. The highest BCUT2D eigenvalue weighted by molar-refractivity contribution is 7.99. The zero-order valence-corrected chi connectivity index (χ0v) is 13.3. The van der Waals surface area contributed by atoms with Gasteiger partial charge < -0.3 is 10.5 Å². The maximum absolute atomic E-state index is 6.28. The van der Waals surface area contributed by atoms with Gasteiger partial charge in [-0.3, -0.25) is 0 Å². The maximum atomic E-state index is 6.28. The fourth-order valence-corrected chi connectivity index (χ4v) is 4.10. The lowest BCUT2D eigenvalue weighted by Gasteiger charge is -2.16. The molecule has 2 nitrogen and oxygen atoms in total. The van der Waals surface area contributed by atoms with E-state index in [-0.39, 0.29) is 0 Å². The number of para-hydroxylation sites is 1. The van der Waals surface area contributed by atoms with E-state index < -0.39 is 0 Å². The molecule has 0 saturated carbocycles. The van der Waals surface area contributed by atoms with Gasteiger partial charge in [-0.05, 0) is 36.2 Å². The number of hydrogen-bond donors (Lipinski definition) is 1. The van der Waals surface area contributed by atoms with Crippen LogP contribution in [0.5, 0.6) is 5.75 Å². The van der Waals surface area contributed by atoms with E-state index in [1.54, 1.807) is 0 Å². The summed E-state index contributed by atoms with van der Waals surface area (Å²) in [5.41, 5.74) is 8.13. The van der Waals surface area contributed by atoms with Crippen LogP contribution in [0.3, 0.4) is 0 Å². The van der Waals surface area contributed by atoms with E-state index in [1.807, 2.05) is 30.0 Å². The number of halogens is 1. The van der Waals surface area contributed by atoms with Crippen molar-refractivity contribution in [2.24, 2.45) is 5.73 Å². The number of thioether (sulfide) groups is 1. The highest BCUT2D eigenvalue weighted by Gasteiger charge is 2.23. The Morgan fingerprint density at radius 1 is 1.19 bits per heavy atom. The molecule has 1 atom stereocenters. The van der Waals surface area contributed by atoms with Crippen LogP contribution in [0.2, 0.25) is 5.02 Å². The van der Waals surface area contributed by atoms with Gasteiger partial charge in [-0.25, -0.2) is 0 Å². The zero-order valence-electron chi connectivity index (χ0n) is 11.7. The molecule has 0 fully saturated rings. The van der Waals surface area contributed by atoms with Crippen LogP contribution in [0, 0.1) is 0 Å². The minimum absolute atomic E-state index is 0.424. The quantitative estimate of drug-likeness (QED) is 0.900. The molecule has 4 heteroatoms. The van der Waals surface area contributed by atoms with E-state index in [0.717, 1.165) is 23.5 Å². The van der Waals surface area contributed by atoms with E-state index in [0.29, 0.717) is 24.1 Å². The van der Waals surface area contributed by atoms with E-state index >= 15 is 0 Å². The Kier molecular flexibility index (Phi) is 4.73. The van der Waals surface area contributed by atoms with Gasteiger partial charge in [0.25, 0.3) is 0 Å². The molecule has 1 unspecified atom stereocenters. The summed E-state index contributed by atoms with van der Waals surface area (Å²) in [5, 5.41) is 0.667. The van der Waals surface area contributed by atoms with Gasteiger partial charge in [0.2, 0.25) is 0 Å². The van der Waals surface area contributed by atoms with Crippen molar-refractivity contribution >= 4 is 23.4 Å². The molecule has 0 aliphatic carbocycles. The van der Waals surface area contributed by atoms with E-state index in [1.165, 1.54) is 10.5 Å². The van der Waals surface area contributed by atoms with Crippen molar-refractivity contribution in [1.29, 1.82) is 0 Å². The third kappa shape index (κ3) is 3.20. The van der Waals surface area contributed by atoms with Crippen LogP contribution in [0.25, 0.3) is 0 Å². The standard InChI is InChI=1S/C17H18ClNOS/c18-15-6-3-4-12(8-9-19)17(15)20-10-13-11-21-16-7-2-1-5-14(13)16/h1-7,13H,8-11,19H2. The van der Waals surface area contributed by atoms with Crippen LogP contribution in [0.15, 0.2) is 47.4 Å². The normalized spacial score (nSPS) is 16.8. The highest BCUT2D eigenvalue weighted by atomic mass is 35.5. The minimum atomic E-state index is 0.424. The van der Waals surface area contributed by atoms with Crippen LogP contribution < -0.4 is 10.5 Å². The predicted molar refractivity (Wildman–Crippen MR) is 89.6 cm³/mol. The molecule has 0 saturated heterocycles. The molecule has 1 aliphatic rings. The van der Waals surface area contributed by atoms with Crippen molar-refractivity contribution < 1.29 is 4.74 Å². The van der Waals surface area contributed by atoms with Gasteiger partial charge in [-0.15, -0.1) is 11.8 Å². The van der Waals surface area contributed by atoms with Crippen LogP contribution >= 0.6 is 23.4 Å². The first-order valence-corrected chi connectivity index (χ1v) is 8.48. The predicted octanol–water partition coefficient (Wildman–Crippen LogP) is 4.11. The van der Waals surface area contributed by atoms with Gasteiger partial charge in [-0.1, -0.05) is 41.9 Å².